The Bertz CT molecular complexity index is 215. The molecule has 3 unspecified atom stereocenters. The highest BCUT2D eigenvalue weighted by Gasteiger charge is 2.11. The molecule has 0 amide bonds. The van der Waals surface area contributed by atoms with Crippen LogP contribution in [0.1, 0.15) is 26.2 Å². The van der Waals surface area contributed by atoms with Gasteiger partial charge in [-0.3, -0.25) is 4.21 Å². The normalized spacial score (nSPS) is 26.0. The Morgan fingerprint density at radius 3 is 2.93 bits per heavy atom. The zero-order valence-corrected chi connectivity index (χ0v) is 9.98. The van der Waals surface area contributed by atoms with E-state index in [2.05, 4.69) is 24.4 Å². The van der Waals surface area contributed by atoms with E-state index in [-0.39, 0.29) is 0 Å². The van der Waals surface area contributed by atoms with Crippen LogP contribution >= 0.6 is 0 Å². The molecule has 0 aromatic rings. The molecule has 14 heavy (non-hydrogen) atoms. The van der Waals surface area contributed by atoms with Gasteiger partial charge >= 0.3 is 0 Å². The second-order valence-electron chi connectivity index (χ2n) is 4.20. The molecule has 1 aliphatic rings. The maximum Gasteiger partial charge on any atom is 0.0383 e. The van der Waals surface area contributed by atoms with E-state index < -0.39 is 10.8 Å². The molecule has 0 saturated heterocycles. The highest BCUT2D eigenvalue weighted by atomic mass is 32.2. The molecule has 2 nitrogen and oxygen atoms in total. The van der Waals surface area contributed by atoms with Gasteiger partial charge in [0.1, 0.15) is 0 Å². The van der Waals surface area contributed by atoms with E-state index in [1.807, 2.05) is 0 Å². The van der Waals surface area contributed by atoms with Crippen LogP contribution in [0.15, 0.2) is 12.2 Å². The minimum atomic E-state index is -0.679. The van der Waals surface area contributed by atoms with Gasteiger partial charge in [0.25, 0.3) is 0 Å². The fraction of sp³-hybridized carbons (Fsp3) is 0.818. The molecule has 1 N–H and O–H groups in total. The fourth-order valence-electron chi connectivity index (χ4n) is 1.82. The van der Waals surface area contributed by atoms with Crippen LogP contribution < -0.4 is 5.32 Å². The van der Waals surface area contributed by atoms with Crippen molar-refractivity contribution < 1.29 is 4.21 Å². The third kappa shape index (κ3) is 4.91. The second-order valence-corrected chi connectivity index (χ2v) is 5.68. The quantitative estimate of drug-likeness (QED) is 0.707. The first-order valence-corrected chi connectivity index (χ1v) is 7.09. The smallest absolute Gasteiger partial charge is 0.0383 e. The van der Waals surface area contributed by atoms with E-state index in [1.165, 1.54) is 19.3 Å². The molecule has 0 heterocycles. The minimum Gasteiger partial charge on any atom is -0.313 e. The average molecular weight is 215 g/mol. The summed E-state index contributed by atoms with van der Waals surface area (Å²) in [6.07, 6.45) is 10.0. The highest BCUT2D eigenvalue weighted by molar-refractivity contribution is 7.84. The first-order chi connectivity index (χ1) is 6.68. The van der Waals surface area contributed by atoms with Gasteiger partial charge in [-0.15, -0.1) is 0 Å². The summed E-state index contributed by atoms with van der Waals surface area (Å²) >= 11 is 0. The lowest BCUT2D eigenvalue weighted by atomic mass is 9.94. The Hall–Kier alpha value is -0.150. The maximum atomic E-state index is 11.0. The van der Waals surface area contributed by atoms with Crippen molar-refractivity contribution in [2.75, 3.05) is 18.6 Å². The van der Waals surface area contributed by atoms with Crippen LogP contribution in [0.25, 0.3) is 0 Å². The van der Waals surface area contributed by atoms with E-state index in [1.54, 1.807) is 6.26 Å². The van der Waals surface area contributed by atoms with Gasteiger partial charge in [-0.05, 0) is 38.6 Å². The topological polar surface area (TPSA) is 29.1 Å². The molecular formula is C11H21NOS. The van der Waals surface area contributed by atoms with Crippen molar-refractivity contribution >= 4 is 10.8 Å². The van der Waals surface area contributed by atoms with Crippen molar-refractivity contribution in [2.45, 2.75) is 32.2 Å². The number of allylic oxidation sites excluding steroid dienone is 2. The Kier molecular flexibility index (Phi) is 5.41. The molecule has 0 bridgehead atoms. The number of nitrogens with one attached hydrogen (secondary N) is 1. The highest BCUT2D eigenvalue weighted by Crippen LogP contribution is 2.16. The summed E-state index contributed by atoms with van der Waals surface area (Å²) in [4.78, 5) is 0. The summed E-state index contributed by atoms with van der Waals surface area (Å²) in [7, 11) is -0.679. The van der Waals surface area contributed by atoms with E-state index >= 15 is 0 Å². The summed E-state index contributed by atoms with van der Waals surface area (Å²) in [6.45, 7) is 3.18. The minimum absolute atomic E-state index is 0.381. The Labute approximate surface area is 89.6 Å². The Balaban J connectivity index is 2.13. The average Bonchev–Trinajstić information content (AvgIpc) is 2.15. The third-order valence-corrected chi connectivity index (χ3v) is 3.59. The van der Waals surface area contributed by atoms with Crippen molar-refractivity contribution in [3.63, 3.8) is 0 Å². The standard InChI is InChI=1S/C11H21NOS/c1-10(9-14(2)13)12-8-11-6-4-3-5-7-11/h3-4,10-12H,5-9H2,1-2H3. The van der Waals surface area contributed by atoms with E-state index in [4.69, 9.17) is 0 Å². The summed E-state index contributed by atoms with van der Waals surface area (Å²) in [6, 6.07) is 0.381. The van der Waals surface area contributed by atoms with Crippen LogP contribution in [0, 0.1) is 5.92 Å². The van der Waals surface area contributed by atoms with E-state index in [0.717, 1.165) is 18.2 Å². The van der Waals surface area contributed by atoms with Gasteiger partial charge in [0, 0.05) is 28.9 Å². The Morgan fingerprint density at radius 1 is 1.57 bits per heavy atom. The van der Waals surface area contributed by atoms with Crippen molar-refractivity contribution in [1.82, 2.24) is 5.32 Å². The first kappa shape index (κ1) is 11.9. The Morgan fingerprint density at radius 2 is 2.36 bits per heavy atom. The molecule has 0 fully saturated rings. The van der Waals surface area contributed by atoms with Crippen molar-refractivity contribution in [2.24, 2.45) is 5.92 Å². The second kappa shape index (κ2) is 6.36. The molecule has 0 aromatic heterocycles. The molecule has 1 rings (SSSR count). The summed E-state index contributed by atoms with van der Waals surface area (Å²) in [5, 5.41) is 3.46. The van der Waals surface area contributed by atoms with Crippen LogP contribution in [0.3, 0.4) is 0 Å². The predicted octanol–water partition coefficient (Wildman–Crippen LogP) is 1.70. The summed E-state index contributed by atoms with van der Waals surface area (Å²) in [5.41, 5.74) is 0. The molecular weight excluding hydrogens is 194 g/mol. The van der Waals surface area contributed by atoms with Gasteiger partial charge in [0.15, 0.2) is 0 Å². The van der Waals surface area contributed by atoms with Crippen LogP contribution in [0.4, 0.5) is 0 Å². The molecule has 0 saturated carbocycles. The summed E-state index contributed by atoms with van der Waals surface area (Å²) < 4.78 is 11.0. The summed E-state index contributed by atoms with van der Waals surface area (Å²) in [5.74, 6) is 1.55. The fourth-order valence-corrected chi connectivity index (χ4v) is 2.64. The first-order valence-electron chi connectivity index (χ1n) is 5.37. The molecule has 1 aliphatic carbocycles. The molecule has 0 aliphatic heterocycles. The molecule has 0 radical (unpaired) electrons. The van der Waals surface area contributed by atoms with Crippen LogP contribution in [0.5, 0.6) is 0 Å². The molecule has 3 heteroatoms. The van der Waals surface area contributed by atoms with Gasteiger partial charge in [-0.1, -0.05) is 12.2 Å². The number of hydrogen-bond acceptors (Lipinski definition) is 2. The third-order valence-electron chi connectivity index (χ3n) is 2.62. The monoisotopic (exact) mass is 215 g/mol. The van der Waals surface area contributed by atoms with Crippen LogP contribution in [-0.4, -0.2) is 28.8 Å². The van der Waals surface area contributed by atoms with Crippen LogP contribution in [-0.2, 0) is 10.8 Å². The molecule has 0 spiro atoms. The largest absolute Gasteiger partial charge is 0.313 e. The lowest BCUT2D eigenvalue weighted by Crippen LogP contribution is -2.35. The van der Waals surface area contributed by atoms with Gasteiger partial charge in [0.2, 0.25) is 0 Å². The van der Waals surface area contributed by atoms with Crippen molar-refractivity contribution in [1.29, 1.82) is 0 Å². The van der Waals surface area contributed by atoms with Gasteiger partial charge in [-0.2, -0.15) is 0 Å². The maximum absolute atomic E-state index is 11.0. The van der Waals surface area contributed by atoms with E-state index in [9.17, 15) is 4.21 Å². The molecule has 0 aromatic carbocycles. The SMILES string of the molecule is CC(CS(C)=O)NCC1CC=CCC1. The van der Waals surface area contributed by atoms with Crippen LogP contribution in [0.2, 0.25) is 0 Å². The zero-order chi connectivity index (χ0) is 10.4. The lowest BCUT2D eigenvalue weighted by molar-refractivity contribution is 0.421. The molecule has 82 valence electrons. The lowest BCUT2D eigenvalue weighted by Gasteiger charge is -2.20. The number of hydrogen-bond donors (Lipinski definition) is 1. The van der Waals surface area contributed by atoms with Gasteiger partial charge in [-0.25, -0.2) is 0 Å². The van der Waals surface area contributed by atoms with E-state index in [0.29, 0.717) is 6.04 Å². The van der Waals surface area contributed by atoms with Gasteiger partial charge < -0.3 is 5.32 Å². The van der Waals surface area contributed by atoms with Crippen molar-refractivity contribution in [3.8, 4) is 0 Å². The molecule has 3 atom stereocenters. The zero-order valence-electron chi connectivity index (χ0n) is 9.16. The predicted molar refractivity (Wildman–Crippen MR) is 62.9 cm³/mol. The van der Waals surface area contributed by atoms with Gasteiger partial charge in [0.05, 0.1) is 0 Å². The van der Waals surface area contributed by atoms with Crippen molar-refractivity contribution in [3.05, 3.63) is 12.2 Å². The number of rotatable bonds is 5.